The molecule has 0 aromatic heterocycles. The highest BCUT2D eigenvalue weighted by atomic mass is 14.3. The van der Waals surface area contributed by atoms with E-state index in [1.54, 1.807) is 0 Å². The molecule has 1 aromatic rings. The van der Waals surface area contributed by atoms with Crippen molar-refractivity contribution in [3.63, 3.8) is 0 Å². The lowest BCUT2D eigenvalue weighted by molar-refractivity contribution is 0.201. The van der Waals surface area contributed by atoms with Crippen LogP contribution < -0.4 is 0 Å². The van der Waals surface area contributed by atoms with E-state index >= 15 is 0 Å². The maximum Gasteiger partial charge on any atom is -0.0155 e. The summed E-state index contributed by atoms with van der Waals surface area (Å²) in [5.74, 6) is 3.78. The summed E-state index contributed by atoms with van der Waals surface area (Å²) in [7, 11) is 0. The van der Waals surface area contributed by atoms with Crippen molar-refractivity contribution in [2.75, 3.05) is 0 Å². The number of benzene rings is 1. The van der Waals surface area contributed by atoms with E-state index in [1.807, 2.05) is 0 Å². The Balaban J connectivity index is 1.50. The zero-order valence-corrected chi connectivity index (χ0v) is 21.2. The summed E-state index contributed by atoms with van der Waals surface area (Å²) in [4.78, 5) is 0. The van der Waals surface area contributed by atoms with Crippen LogP contribution >= 0.6 is 0 Å². The minimum Gasteiger partial charge on any atom is -0.0996 e. The van der Waals surface area contributed by atoms with Gasteiger partial charge < -0.3 is 0 Å². The average molecular weight is 431 g/mol. The van der Waals surface area contributed by atoms with Crippen LogP contribution in [0.2, 0.25) is 0 Å². The largest absolute Gasteiger partial charge is 0.0996 e. The summed E-state index contributed by atoms with van der Waals surface area (Å²) in [5, 5.41) is 0. The Bertz CT molecular complexity index is 833. The van der Waals surface area contributed by atoms with E-state index in [9.17, 15) is 0 Å². The van der Waals surface area contributed by atoms with Crippen molar-refractivity contribution in [2.24, 2.45) is 29.6 Å². The first-order valence-electron chi connectivity index (χ1n) is 13.1. The Hall–Kier alpha value is -1.82. The summed E-state index contributed by atoms with van der Waals surface area (Å²) in [6.07, 6.45) is 18.9. The lowest BCUT2D eigenvalue weighted by Gasteiger charge is -2.34. The third-order valence-electron chi connectivity index (χ3n) is 8.13. The fourth-order valence-electron chi connectivity index (χ4n) is 5.91. The molecular formula is C32H46. The molecule has 0 aliphatic heterocycles. The molecule has 4 atom stereocenters. The van der Waals surface area contributed by atoms with Gasteiger partial charge in [0.05, 0.1) is 0 Å². The first-order chi connectivity index (χ1) is 15.3. The molecule has 0 heteroatoms. The van der Waals surface area contributed by atoms with Gasteiger partial charge in [0.25, 0.3) is 0 Å². The van der Waals surface area contributed by atoms with Gasteiger partial charge in [-0.05, 0) is 79.7 Å². The molecule has 0 amide bonds. The second-order valence-electron chi connectivity index (χ2n) is 11.0. The van der Waals surface area contributed by atoms with E-state index in [1.165, 1.54) is 54.4 Å². The highest BCUT2D eigenvalue weighted by Gasteiger charge is 2.27. The monoisotopic (exact) mass is 430 g/mol. The van der Waals surface area contributed by atoms with Crippen LogP contribution in [0.5, 0.6) is 0 Å². The Morgan fingerprint density at radius 1 is 1.09 bits per heavy atom. The molecule has 4 unspecified atom stereocenters. The summed E-state index contributed by atoms with van der Waals surface area (Å²) in [5.41, 5.74) is 6.90. The molecule has 174 valence electrons. The predicted molar refractivity (Wildman–Crippen MR) is 143 cm³/mol. The fourth-order valence-corrected chi connectivity index (χ4v) is 5.91. The lowest BCUT2D eigenvalue weighted by atomic mass is 9.71. The molecule has 0 radical (unpaired) electrons. The topological polar surface area (TPSA) is 0 Å². The smallest absolute Gasteiger partial charge is 0.0155 e. The zero-order valence-electron chi connectivity index (χ0n) is 21.2. The van der Waals surface area contributed by atoms with Crippen molar-refractivity contribution in [3.05, 3.63) is 77.9 Å². The van der Waals surface area contributed by atoms with Gasteiger partial charge in [-0.3, -0.25) is 0 Å². The SMILES string of the molecule is C=C(C)c1ccccc1CC1C=CC(CCC(=C)C(CC2CCCCC2C)C(C)C)=CC1. The van der Waals surface area contributed by atoms with Crippen LogP contribution in [-0.2, 0) is 6.42 Å². The van der Waals surface area contributed by atoms with E-state index < -0.39 is 0 Å². The van der Waals surface area contributed by atoms with Crippen molar-refractivity contribution < 1.29 is 0 Å². The number of allylic oxidation sites excluding steroid dienone is 6. The highest BCUT2D eigenvalue weighted by molar-refractivity contribution is 5.64. The Morgan fingerprint density at radius 2 is 1.84 bits per heavy atom. The van der Waals surface area contributed by atoms with Gasteiger partial charge in [0.1, 0.15) is 0 Å². The molecule has 0 spiro atoms. The van der Waals surface area contributed by atoms with Gasteiger partial charge in [0.2, 0.25) is 0 Å². The number of hydrogen-bond donors (Lipinski definition) is 0. The zero-order chi connectivity index (χ0) is 23.1. The third-order valence-corrected chi connectivity index (χ3v) is 8.13. The molecule has 2 aliphatic carbocycles. The van der Waals surface area contributed by atoms with Crippen molar-refractivity contribution in [3.8, 4) is 0 Å². The van der Waals surface area contributed by atoms with Crippen LogP contribution in [0.4, 0.5) is 0 Å². The van der Waals surface area contributed by atoms with Crippen molar-refractivity contribution in [1.29, 1.82) is 0 Å². The van der Waals surface area contributed by atoms with Crippen molar-refractivity contribution in [2.45, 2.75) is 85.5 Å². The second-order valence-corrected chi connectivity index (χ2v) is 11.0. The number of rotatable bonds is 10. The van der Waals surface area contributed by atoms with Crippen LogP contribution in [0, 0.1) is 29.6 Å². The Kier molecular flexibility index (Phi) is 9.21. The molecule has 0 N–H and O–H groups in total. The number of hydrogen-bond acceptors (Lipinski definition) is 0. The van der Waals surface area contributed by atoms with Gasteiger partial charge in [-0.2, -0.15) is 0 Å². The Morgan fingerprint density at radius 3 is 2.50 bits per heavy atom. The first-order valence-corrected chi connectivity index (χ1v) is 13.1. The van der Waals surface area contributed by atoms with E-state index in [4.69, 9.17) is 0 Å². The van der Waals surface area contributed by atoms with E-state index in [2.05, 4.69) is 83.3 Å². The summed E-state index contributed by atoms with van der Waals surface area (Å²) in [6.45, 7) is 18.1. The molecule has 1 saturated carbocycles. The van der Waals surface area contributed by atoms with Crippen LogP contribution in [0.25, 0.3) is 5.57 Å². The maximum absolute atomic E-state index is 4.59. The van der Waals surface area contributed by atoms with Gasteiger partial charge in [-0.15, -0.1) is 0 Å². The molecule has 32 heavy (non-hydrogen) atoms. The van der Waals surface area contributed by atoms with Gasteiger partial charge >= 0.3 is 0 Å². The predicted octanol–water partition coefficient (Wildman–Crippen LogP) is 9.59. The normalized spacial score (nSPS) is 24.3. The standard InChI is InChI=1S/C32H46/c1-23(2)31-14-10-9-13-30(31)21-28-19-17-27(18-20-28)16-15-26(6)32(24(3)4)22-29-12-8-7-11-25(29)5/h9-10,13-14,17-19,24-25,28-29,32H,1,6-8,11-12,15-16,20-22H2,2-5H3. The second kappa shape index (κ2) is 11.9. The molecule has 0 saturated heterocycles. The highest BCUT2D eigenvalue weighted by Crippen LogP contribution is 2.39. The molecule has 0 bridgehead atoms. The molecule has 0 nitrogen and oxygen atoms in total. The maximum atomic E-state index is 4.59. The van der Waals surface area contributed by atoms with Crippen molar-refractivity contribution >= 4 is 5.57 Å². The van der Waals surface area contributed by atoms with Gasteiger partial charge in [0.15, 0.2) is 0 Å². The molecule has 0 heterocycles. The van der Waals surface area contributed by atoms with Crippen LogP contribution in [0.15, 0.2) is 66.8 Å². The Labute approximate surface area is 198 Å². The average Bonchev–Trinajstić information content (AvgIpc) is 2.78. The van der Waals surface area contributed by atoms with Crippen LogP contribution in [0.1, 0.15) is 90.2 Å². The van der Waals surface area contributed by atoms with Gasteiger partial charge in [0, 0.05) is 0 Å². The van der Waals surface area contributed by atoms with E-state index in [0.717, 1.165) is 43.1 Å². The van der Waals surface area contributed by atoms with E-state index in [0.29, 0.717) is 17.8 Å². The molecule has 2 aliphatic rings. The van der Waals surface area contributed by atoms with E-state index in [-0.39, 0.29) is 0 Å². The summed E-state index contributed by atoms with van der Waals surface area (Å²) >= 11 is 0. The molecular weight excluding hydrogens is 384 g/mol. The first kappa shape index (κ1) is 24.8. The molecule has 1 aromatic carbocycles. The fraction of sp³-hybridized carbons (Fsp3) is 0.562. The summed E-state index contributed by atoms with van der Waals surface area (Å²) < 4.78 is 0. The third kappa shape index (κ3) is 6.84. The molecule has 1 fully saturated rings. The van der Waals surface area contributed by atoms with Gasteiger partial charge in [-0.25, -0.2) is 0 Å². The van der Waals surface area contributed by atoms with Crippen LogP contribution in [-0.4, -0.2) is 0 Å². The summed E-state index contributed by atoms with van der Waals surface area (Å²) in [6, 6.07) is 8.74. The lowest BCUT2D eigenvalue weighted by Crippen LogP contribution is -2.23. The minimum atomic E-state index is 0.596. The molecule has 3 rings (SSSR count). The van der Waals surface area contributed by atoms with Crippen molar-refractivity contribution in [1.82, 2.24) is 0 Å². The quantitative estimate of drug-likeness (QED) is 0.324. The van der Waals surface area contributed by atoms with Crippen LogP contribution in [0.3, 0.4) is 0 Å². The van der Waals surface area contributed by atoms with Gasteiger partial charge in [-0.1, -0.05) is 119 Å². The minimum absolute atomic E-state index is 0.596.